The van der Waals surface area contributed by atoms with Gasteiger partial charge in [-0.3, -0.25) is 0 Å². The van der Waals surface area contributed by atoms with E-state index in [1.165, 1.54) is 0 Å². The molecule has 1 aliphatic rings. The topological polar surface area (TPSA) is 18.5 Å². The van der Waals surface area contributed by atoms with Crippen molar-refractivity contribution in [3.63, 3.8) is 0 Å². The largest absolute Gasteiger partial charge is 0.586 e. The van der Waals surface area contributed by atoms with Crippen LogP contribution in [0.5, 0.6) is 11.5 Å². The second-order valence-corrected chi connectivity index (χ2v) is 3.03. The average Bonchev–Trinajstić information content (AvgIpc) is 2.35. The first kappa shape index (κ1) is 8.29. The molecule has 2 nitrogen and oxygen atoms in total. The normalized spacial score (nSPS) is 17.5. The Balaban J connectivity index is 2.56. The van der Waals surface area contributed by atoms with E-state index in [4.69, 9.17) is 0 Å². The second kappa shape index (κ2) is 2.34. The first-order valence-corrected chi connectivity index (χ1v) is 3.86. The number of halogens is 2. The highest BCUT2D eigenvalue weighted by atomic mass is 19.3. The fourth-order valence-corrected chi connectivity index (χ4v) is 1.27. The molecule has 13 heavy (non-hydrogen) atoms. The first-order valence-electron chi connectivity index (χ1n) is 3.86. The van der Waals surface area contributed by atoms with Crippen molar-refractivity contribution >= 4 is 0 Å². The van der Waals surface area contributed by atoms with Gasteiger partial charge in [0.05, 0.1) is 0 Å². The summed E-state index contributed by atoms with van der Waals surface area (Å²) in [5.74, 6) is 0.287. The summed E-state index contributed by atoms with van der Waals surface area (Å²) in [7, 11) is 0. The predicted octanol–water partition coefficient (Wildman–Crippen LogP) is 2.62. The summed E-state index contributed by atoms with van der Waals surface area (Å²) in [6.45, 7) is 3.39. The lowest BCUT2D eigenvalue weighted by Gasteiger charge is -2.05. The lowest BCUT2D eigenvalue weighted by Crippen LogP contribution is -2.26. The molecule has 4 heteroatoms. The maximum absolute atomic E-state index is 12.7. The molecule has 0 atom stereocenters. The molecule has 0 aliphatic carbocycles. The Morgan fingerprint density at radius 1 is 1.00 bits per heavy atom. The van der Waals surface area contributed by atoms with Crippen LogP contribution in [0, 0.1) is 13.8 Å². The molecule has 1 aromatic carbocycles. The third-order valence-corrected chi connectivity index (χ3v) is 1.95. The van der Waals surface area contributed by atoms with Crippen molar-refractivity contribution in [1.82, 2.24) is 0 Å². The minimum atomic E-state index is -3.51. The molecule has 0 radical (unpaired) electrons. The summed E-state index contributed by atoms with van der Waals surface area (Å²) >= 11 is 0. The quantitative estimate of drug-likeness (QED) is 0.620. The summed E-state index contributed by atoms with van der Waals surface area (Å²) < 4.78 is 34.0. The fourth-order valence-electron chi connectivity index (χ4n) is 1.27. The summed E-state index contributed by atoms with van der Waals surface area (Å²) in [4.78, 5) is 0. The summed E-state index contributed by atoms with van der Waals surface area (Å²) in [6, 6.07) is 3.44. The van der Waals surface area contributed by atoms with Crippen molar-refractivity contribution in [2.24, 2.45) is 0 Å². The molecule has 0 unspecified atom stereocenters. The Labute approximate surface area is 74.1 Å². The minimum absolute atomic E-state index is 0.144. The Hall–Kier alpha value is -1.32. The highest BCUT2D eigenvalue weighted by molar-refractivity contribution is 5.52. The minimum Gasteiger partial charge on any atom is -0.395 e. The molecular weight excluding hydrogens is 178 g/mol. The van der Waals surface area contributed by atoms with Gasteiger partial charge in [-0.25, -0.2) is 0 Å². The maximum Gasteiger partial charge on any atom is 0.586 e. The smallest absolute Gasteiger partial charge is 0.395 e. The van der Waals surface area contributed by atoms with Crippen molar-refractivity contribution < 1.29 is 18.3 Å². The third kappa shape index (κ3) is 1.22. The maximum atomic E-state index is 12.7. The van der Waals surface area contributed by atoms with E-state index >= 15 is 0 Å². The van der Waals surface area contributed by atoms with Gasteiger partial charge in [0, 0.05) is 0 Å². The average molecular weight is 186 g/mol. The molecule has 0 spiro atoms. The van der Waals surface area contributed by atoms with E-state index in [9.17, 15) is 8.78 Å². The van der Waals surface area contributed by atoms with Gasteiger partial charge in [0.25, 0.3) is 0 Å². The van der Waals surface area contributed by atoms with Crippen molar-refractivity contribution in [1.29, 1.82) is 0 Å². The molecule has 2 rings (SSSR count). The van der Waals surface area contributed by atoms with Crippen LogP contribution in [0.15, 0.2) is 12.1 Å². The Bertz CT molecular complexity index is 328. The van der Waals surface area contributed by atoms with Gasteiger partial charge in [-0.2, -0.15) is 0 Å². The van der Waals surface area contributed by atoms with Crippen molar-refractivity contribution in [2.75, 3.05) is 0 Å². The van der Waals surface area contributed by atoms with Crippen LogP contribution in [0.25, 0.3) is 0 Å². The molecule has 0 aromatic heterocycles. The van der Waals surface area contributed by atoms with Crippen LogP contribution in [-0.4, -0.2) is 6.29 Å². The van der Waals surface area contributed by atoms with Crippen molar-refractivity contribution in [3.8, 4) is 11.5 Å². The molecule has 0 saturated carbocycles. The molecule has 1 heterocycles. The first-order chi connectivity index (χ1) is 5.99. The van der Waals surface area contributed by atoms with Gasteiger partial charge in [-0.15, -0.1) is 8.78 Å². The van der Waals surface area contributed by atoms with E-state index in [1.807, 2.05) is 0 Å². The number of rotatable bonds is 0. The van der Waals surface area contributed by atoms with Crippen LogP contribution >= 0.6 is 0 Å². The zero-order valence-corrected chi connectivity index (χ0v) is 7.23. The van der Waals surface area contributed by atoms with Gasteiger partial charge in [0.1, 0.15) is 0 Å². The summed E-state index contributed by atoms with van der Waals surface area (Å²) in [6.07, 6.45) is -3.51. The highest BCUT2D eigenvalue weighted by Gasteiger charge is 2.44. The zero-order valence-electron chi connectivity index (χ0n) is 7.23. The summed E-state index contributed by atoms with van der Waals surface area (Å²) in [5.41, 5.74) is 1.30. The third-order valence-electron chi connectivity index (χ3n) is 1.95. The number of hydrogen-bond acceptors (Lipinski definition) is 2. The molecule has 0 amide bonds. The molecule has 70 valence electrons. The SMILES string of the molecule is Cc1ccc(C)c2c1OC(F)(F)O2. The number of fused-ring (bicyclic) bond motifs is 1. The summed E-state index contributed by atoms with van der Waals surface area (Å²) in [5, 5.41) is 0. The Kier molecular flexibility index (Phi) is 1.49. The van der Waals surface area contributed by atoms with Crippen LogP contribution in [0.1, 0.15) is 11.1 Å². The lowest BCUT2D eigenvalue weighted by molar-refractivity contribution is -0.287. The Morgan fingerprint density at radius 2 is 1.38 bits per heavy atom. The van der Waals surface area contributed by atoms with Crippen LogP contribution in [0.4, 0.5) is 8.78 Å². The number of benzene rings is 1. The fraction of sp³-hybridized carbons (Fsp3) is 0.333. The molecule has 1 aliphatic heterocycles. The number of alkyl halides is 2. The van der Waals surface area contributed by atoms with E-state index in [1.54, 1.807) is 26.0 Å². The van der Waals surface area contributed by atoms with Crippen molar-refractivity contribution in [3.05, 3.63) is 23.3 Å². The van der Waals surface area contributed by atoms with E-state index in [0.29, 0.717) is 11.1 Å². The van der Waals surface area contributed by atoms with Gasteiger partial charge < -0.3 is 9.47 Å². The van der Waals surface area contributed by atoms with Gasteiger partial charge in [-0.1, -0.05) is 12.1 Å². The number of ether oxygens (including phenoxy) is 2. The van der Waals surface area contributed by atoms with Crippen molar-refractivity contribution in [2.45, 2.75) is 20.1 Å². The van der Waals surface area contributed by atoms with Crippen LogP contribution in [0.2, 0.25) is 0 Å². The molecular formula is C9H8F2O2. The van der Waals surface area contributed by atoms with Gasteiger partial charge in [0.2, 0.25) is 0 Å². The number of aryl methyl sites for hydroxylation is 2. The molecule has 1 aromatic rings. The van der Waals surface area contributed by atoms with E-state index in [-0.39, 0.29) is 11.5 Å². The van der Waals surface area contributed by atoms with E-state index in [2.05, 4.69) is 9.47 Å². The molecule has 0 fully saturated rings. The van der Waals surface area contributed by atoms with Crippen LogP contribution in [-0.2, 0) is 0 Å². The molecule has 0 bridgehead atoms. The predicted molar refractivity (Wildman–Crippen MR) is 42.1 cm³/mol. The van der Waals surface area contributed by atoms with Gasteiger partial charge in [0.15, 0.2) is 11.5 Å². The highest BCUT2D eigenvalue weighted by Crippen LogP contribution is 2.44. The zero-order chi connectivity index (χ0) is 9.64. The lowest BCUT2D eigenvalue weighted by atomic mass is 10.1. The monoisotopic (exact) mass is 186 g/mol. The van der Waals surface area contributed by atoms with Gasteiger partial charge >= 0.3 is 6.29 Å². The van der Waals surface area contributed by atoms with Gasteiger partial charge in [-0.05, 0) is 25.0 Å². The Morgan fingerprint density at radius 3 is 1.77 bits per heavy atom. The van der Waals surface area contributed by atoms with Crippen LogP contribution < -0.4 is 9.47 Å². The van der Waals surface area contributed by atoms with E-state index in [0.717, 1.165) is 0 Å². The molecule has 0 N–H and O–H groups in total. The number of hydrogen-bond donors (Lipinski definition) is 0. The second-order valence-electron chi connectivity index (χ2n) is 3.03. The van der Waals surface area contributed by atoms with E-state index < -0.39 is 6.29 Å². The molecule has 0 saturated heterocycles. The van der Waals surface area contributed by atoms with Crippen LogP contribution in [0.3, 0.4) is 0 Å². The standard InChI is InChI=1S/C9H8F2O2/c1-5-3-4-6(2)8-7(5)12-9(10,11)13-8/h3-4H,1-2H3.